The molecule has 1 rings (SSSR count). The number of rotatable bonds is 6. The molecule has 100 valence electrons. The van der Waals surface area contributed by atoms with Crippen LogP contribution in [0.5, 0.6) is 5.75 Å². The predicted octanol–water partition coefficient (Wildman–Crippen LogP) is 1.71. The first-order valence-corrected chi connectivity index (χ1v) is 5.45. The van der Waals surface area contributed by atoms with E-state index < -0.39 is 13.0 Å². The zero-order valence-corrected chi connectivity index (χ0v) is 9.95. The van der Waals surface area contributed by atoms with Crippen molar-refractivity contribution in [1.82, 2.24) is 5.32 Å². The van der Waals surface area contributed by atoms with E-state index in [4.69, 9.17) is 0 Å². The Morgan fingerprint density at radius 1 is 1.50 bits per heavy atom. The minimum atomic E-state index is -2.51. The van der Waals surface area contributed by atoms with Gasteiger partial charge >= 0.3 is 0 Å². The molecule has 4 nitrogen and oxygen atoms in total. The number of phenols is 1. The van der Waals surface area contributed by atoms with Crippen LogP contribution >= 0.6 is 0 Å². The van der Waals surface area contributed by atoms with Crippen LogP contribution in [0.1, 0.15) is 15.9 Å². The van der Waals surface area contributed by atoms with Crippen LogP contribution in [0.2, 0.25) is 0 Å². The van der Waals surface area contributed by atoms with Gasteiger partial charge < -0.3 is 15.2 Å². The molecule has 0 heterocycles. The van der Waals surface area contributed by atoms with Crippen LogP contribution in [0.3, 0.4) is 0 Å². The van der Waals surface area contributed by atoms with E-state index in [1.807, 2.05) is 0 Å². The summed E-state index contributed by atoms with van der Waals surface area (Å²) in [7, 11) is 0. The summed E-state index contributed by atoms with van der Waals surface area (Å²) in [6.07, 6.45) is -2.51. The Bertz CT molecular complexity index is 410. The minimum absolute atomic E-state index is 0.0218. The van der Waals surface area contributed by atoms with Crippen molar-refractivity contribution >= 4 is 5.91 Å². The van der Waals surface area contributed by atoms with E-state index in [0.717, 1.165) is 0 Å². The molecule has 0 bridgehead atoms. The van der Waals surface area contributed by atoms with Crippen LogP contribution < -0.4 is 5.32 Å². The summed E-state index contributed by atoms with van der Waals surface area (Å²) < 4.78 is 28.1. The highest BCUT2D eigenvalue weighted by molar-refractivity contribution is 5.96. The van der Waals surface area contributed by atoms with Crippen LogP contribution in [-0.4, -0.2) is 37.2 Å². The van der Waals surface area contributed by atoms with Gasteiger partial charge in [-0.1, -0.05) is 6.07 Å². The molecule has 0 saturated heterocycles. The van der Waals surface area contributed by atoms with Gasteiger partial charge in [-0.25, -0.2) is 8.78 Å². The Morgan fingerprint density at radius 2 is 2.22 bits per heavy atom. The SMILES string of the molecule is Cc1c(O)cccc1C(=O)NCCOCC(F)F. The molecule has 0 saturated carbocycles. The number of nitrogens with one attached hydrogen (secondary N) is 1. The van der Waals surface area contributed by atoms with Crippen molar-refractivity contribution in [2.24, 2.45) is 0 Å². The van der Waals surface area contributed by atoms with Gasteiger partial charge in [0.25, 0.3) is 12.3 Å². The number of hydrogen-bond donors (Lipinski definition) is 2. The molecule has 0 aromatic heterocycles. The third-order valence-electron chi connectivity index (χ3n) is 2.33. The summed E-state index contributed by atoms with van der Waals surface area (Å²) in [6.45, 7) is 1.15. The average molecular weight is 259 g/mol. The standard InChI is InChI=1S/C12H15F2NO3/c1-8-9(3-2-4-10(8)16)12(17)15-5-6-18-7-11(13)14/h2-4,11,16H,5-7H2,1H3,(H,15,17). The number of halogens is 2. The van der Waals surface area contributed by atoms with Crippen molar-refractivity contribution in [3.05, 3.63) is 29.3 Å². The van der Waals surface area contributed by atoms with Crippen molar-refractivity contribution in [3.63, 3.8) is 0 Å². The Hall–Kier alpha value is -1.69. The second-order valence-corrected chi connectivity index (χ2v) is 3.67. The Balaban J connectivity index is 2.39. The van der Waals surface area contributed by atoms with Gasteiger partial charge in [0.1, 0.15) is 12.4 Å². The molecule has 0 aliphatic carbocycles. The number of amides is 1. The van der Waals surface area contributed by atoms with Gasteiger partial charge in [0.05, 0.1) is 6.61 Å². The number of benzene rings is 1. The van der Waals surface area contributed by atoms with Gasteiger partial charge in [-0.2, -0.15) is 0 Å². The monoisotopic (exact) mass is 259 g/mol. The van der Waals surface area contributed by atoms with Crippen LogP contribution in [0.25, 0.3) is 0 Å². The van der Waals surface area contributed by atoms with E-state index in [-0.39, 0.29) is 24.8 Å². The lowest BCUT2D eigenvalue weighted by molar-refractivity contribution is 0.0188. The normalized spacial score (nSPS) is 10.7. The van der Waals surface area contributed by atoms with Crippen LogP contribution in [0.15, 0.2) is 18.2 Å². The zero-order valence-electron chi connectivity index (χ0n) is 9.95. The highest BCUT2D eigenvalue weighted by Gasteiger charge is 2.10. The number of alkyl halides is 2. The molecule has 0 unspecified atom stereocenters. The van der Waals surface area contributed by atoms with Gasteiger partial charge in [0.2, 0.25) is 0 Å². The number of carbonyl (C=O) groups excluding carboxylic acids is 1. The highest BCUT2D eigenvalue weighted by atomic mass is 19.3. The average Bonchev–Trinajstić information content (AvgIpc) is 2.31. The molecule has 2 N–H and O–H groups in total. The quantitative estimate of drug-likeness (QED) is 0.765. The maximum Gasteiger partial charge on any atom is 0.261 e. The van der Waals surface area contributed by atoms with Crippen molar-refractivity contribution in [1.29, 1.82) is 0 Å². The van der Waals surface area contributed by atoms with Crippen molar-refractivity contribution < 1.29 is 23.4 Å². The topological polar surface area (TPSA) is 58.6 Å². The molecule has 0 radical (unpaired) electrons. The molecule has 0 spiro atoms. The van der Waals surface area contributed by atoms with Crippen molar-refractivity contribution in [2.45, 2.75) is 13.3 Å². The van der Waals surface area contributed by atoms with Crippen molar-refractivity contribution in [3.8, 4) is 5.75 Å². The minimum Gasteiger partial charge on any atom is -0.508 e. The van der Waals surface area contributed by atoms with E-state index in [1.165, 1.54) is 6.07 Å². The lowest BCUT2D eigenvalue weighted by Crippen LogP contribution is -2.28. The molecule has 0 atom stereocenters. The zero-order chi connectivity index (χ0) is 13.5. The smallest absolute Gasteiger partial charge is 0.261 e. The summed E-state index contributed by atoms with van der Waals surface area (Å²) in [5.41, 5.74) is 0.826. The molecular weight excluding hydrogens is 244 g/mol. The Kier molecular flexibility index (Phi) is 5.51. The second kappa shape index (κ2) is 6.90. The van der Waals surface area contributed by atoms with E-state index >= 15 is 0 Å². The summed E-state index contributed by atoms with van der Waals surface area (Å²) >= 11 is 0. The molecular formula is C12H15F2NO3. The van der Waals surface area contributed by atoms with E-state index in [2.05, 4.69) is 10.1 Å². The number of carbonyl (C=O) groups is 1. The lowest BCUT2D eigenvalue weighted by Gasteiger charge is -2.09. The molecule has 0 aliphatic rings. The maximum atomic E-state index is 11.7. The molecule has 18 heavy (non-hydrogen) atoms. The fourth-order valence-corrected chi connectivity index (χ4v) is 1.37. The molecule has 0 aliphatic heterocycles. The fourth-order valence-electron chi connectivity index (χ4n) is 1.37. The highest BCUT2D eigenvalue weighted by Crippen LogP contribution is 2.19. The van der Waals surface area contributed by atoms with Crippen LogP contribution in [-0.2, 0) is 4.74 Å². The molecule has 1 aromatic carbocycles. The Labute approximate surface area is 104 Å². The van der Waals surface area contributed by atoms with E-state index in [0.29, 0.717) is 11.1 Å². The summed E-state index contributed by atoms with van der Waals surface area (Å²) in [5.74, 6) is -0.333. The van der Waals surface area contributed by atoms with Gasteiger partial charge in [-0.05, 0) is 19.1 Å². The summed E-state index contributed by atoms with van der Waals surface area (Å²) in [4.78, 5) is 11.7. The van der Waals surface area contributed by atoms with Crippen LogP contribution in [0.4, 0.5) is 8.78 Å². The third-order valence-corrected chi connectivity index (χ3v) is 2.33. The first kappa shape index (κ1) is 14.4. The molecule has 6 heteroatoms. The molecule has 1 aromatic rings. The number of hydrogen-bond acceptors (Lipinski definition) is 3. The molecule has 0 fully saturated rings. The summed E-state index contributed by atoms with van der Waals surface area (Å²) in [6, 6.07) is 4.62. The predicted molar refractivity (Wildman–Crippen MR) is 62.0 cm³/mol. The molecule has 1 amide bonds. The van der Waals surface area contributed by atoms with E-state index in [1.54, 1.807) is 19.1 Å². The summed E-state index contributed by atoms with van der Waals surface area (Å²) in [5, 5.41) is 12.0. The van der Waals surface area contributed by atoms with Gasteiger partial charge in [0.15, 0.2) is 0 Å². The van der Waals surface area contributed by atoms with Gasteiger partial charge in [0, 0.05) is 17.7 Å². The fraction of sp³-hybridized carbons (Fsp3) is 0.417. The number of phenolic OH excluding ortho intramolecular Hbond substituents is 1. The van der Waals surface area contributed by atoms with E-state index in [9.17, 15) is 18.7 Å². The maximum absolute atomic E-state index is 11.7. The lowest BCUT2D eigenvalue weighted by atomic mass is 10.1. The van der Waals surface area contributed by atoms with Crippen LogP contribution in [0, 0.1) is 6.92 Å². The van der Waals surface area contributed by atoms with Crippen molar-refractivity contribution in [2.75, 3.05) is 19.8 Å². The first-order valence-electron chi connectivity index (χ1n) is 5.45. The number of aromatic hydroxyl groups is 1. The third kappa shape index (κ3) is 4.29. The second-order valence-electron chi connectivity index (χ2n) is 3.67. The number of ether oxygens (including phenoxy) is 1. The van der Waals surface area contributed by atoms with Gasteiger partial charge in [-0.3, -0.25) is 4.79 Å². The largest absolute Gasteiger partial charge is 0.508 e. The Morgan fingerprint density at radius 3 is 2.89 bits per heavy atom. The first-order chi connectivity index (χ1) is 8.52. The van der Waals surface area contributed by atoms with Gasteiger partial charge in [-0.15, -0.1) is 0 Å².